The van der Waals surface area contributed by atoms with Gasteiger partial charge in [-0.15, -0.1) is 5.10 Å². The van der Waals surface area contributed by atoms with E-state index in [0.29, 0.717) is 13.0 Å². The first-order valence-corrected chi connectivity index (χ1v) is 12.5. The van der Waals surface area contributed by atoms with E-state index in [-0.39, 0.29) is 0 Å². The van der Waals surface area contributed by atoms with E-state index in [9.17, 15) is 0 Å². The third-order valence-corrected chi connectivity index (χ3v) is 6.54. The minimum atomic E-state index is 0.641. The van der Waals surface area contributed by atoms with E-state index >= 15 is 0 Å². The fraction of sp³-hybridized carbons (Fsp3) is 0.286. The van der Waals surface area contributed by atoms with Crippen LogP contribution in [0.5, 0.6) is 5.75 Å². The zero-order valence-electron chi connectivity index (χ0n) is 20.2. The van der Waals surface area contributed by atoms with Crippen LogP contribution in [0.1, 0.15) is 29.8 Å². The lowest BCUT2D eigenvalue weighted by atomic mass is 10.1. The highest BCUT2D eigenvalue weighted by atomic mass is 16.5. The molecule has 1 aliphatic rings. The van der Waals surface area contributed by atoms with Gasteiger partial charge in [-0.3, -0.25) is 9.58 Å². The fourth-order valence-electron chi connectivity index (χ4n) is 4.65. The third kappa shape index (κ3) is 5.13. The molecule has 1 saturated heterocycles. The molecule has 8 heteroatoms. The van der Waals surface area contributed by atoms with E-state index in [2.05, 4.69) is 39.2 Å². The zero-order chi connectivity index (χ0) is 24.2. The molecule has 5 aromatic rings. The summed E-state index contributed by atoms with van der Waals surface area (Å²) in [7, 11) is 0. The van der Waals surface area contributed by atoms with Crippen LogP contribution < -0.4 is 4.74 Å². The molecule has 4 heterocycles. The molecular formula is C28H29N7O. The SMILES string of the molecule is c1ccc(Cn2cc(-c3nccc4nc(Cc5ccc(OCCN6CCCC6)cc5)nn34)cn2)cc1. The molecule has 0 unspecified atom stereocenters. The van der Waals surface area contributed by atoms with Gasteiger partial charge >= 0.3 is 0 Å². The lowest BCUT2D eigenvalue weighted by molar-refractivity contribution is 0.238. The molecule has 0 radical (unpaired) electrons. The van der Waals surface area contributed by atoms with Crippen molar-refractivity contribution < 1.29 is 4.74 Å². The topological polar surface area (TPSA) is 73.4 Å². The van der Waals surface area contributed by atoms with E-state index in [1.165, 1.54) is 31.5 Å². The summed E-state index contributed by atoms with van der Waals surface area (Å²) in [6.45, 7) is 4.82. The quantitative estimate of drug-likeness (QED) is 0.317. The van der Waals surface area contributed by atoms with E-state index in [4.69, 9.17) is 14.8 Å². The molecule has 3 aromatic heterocycles. The minimum absolute atomic E-state index is 0.641. The normalized spacial score (nSPS) is 14.0. The molecule has 0 amide bonds. The van der Waals surface area contributed by atoms with Gasteiger partial charge in [-0.2, -0.15) is 9.61 Å². The molecule has 6 rings (SSSR count). The van der Waals surface area contributed by atoms with Gasteiger partial charge in [0.05, 0.1) is 18.3 Å². The highest BCUT2D eigenvalue weighted by Crippen LogP contribution is 2.19. The van der Waals surface area contributed by atoms with Crippen LogP contribution in [-0.4, -0.2) is 60.5 Å². The van der Waals surface area contributed by atoms with Crippen LogP contribution in [0.4, 0.5) is 0 Å². The molecule has 0 bridgehead atoms. The van der Waals surface area contributed by atoms with E-state index in [1.807, 2.05) is 53.5 Å². The van der Waals surface area contributed by atoms with E-state index in [0.717, 1.165) is 47.3 Å². The Morgan fingerprint density at radius 3 is 2.56 bits per heavy atom. The Balaban J connectivity index is 1.13. The van der Waals surface area contributed by atoms with Crippen LogP contribution in [0.15, 0.2) is 79.3 Å². The Morgan fingerprint density at radius 1 is 0.889 bits per heavy atom. The number of likely N-dealkylation sites (tertiary alicyclic amines) is 1. The van der Waals surface area contributed by atoms with Gasteiger partial charge in [0.2, 0.25) is 0 Å². The van der Waals surface area contributed by atoms with Gasteiger partial charge in [-0.1, -0.05) is 42.5 Å². The summed E-state index contributed by atoms with van der Waals surface area (Å²) in [5.41, 5.74) is 4.02. The molecule has 8 nitrogen and oxygen atoms in total. The number of ether oxygens (including phenoxy) is 1. The molecule has 1 fully saturated rings. The molecular weight excluding hydrogens is 450 g/mol. The summed E-state index contributed by atoms with van der Waals surface area (Å²) in [5, 5.41) is 9.28. The van der Waals surface area contributed by atoms with Crippen molar-refractivity contribution in [1.82, 2.24) is 34.3 Å². The fourth-order valence-corrected chi connectivity index (χ4v) is 4.65. The van der Waals surface area contributed by atoms with Gasteiger partial charge in [0.15, 0.2) is 17.3 Å². The van der Waals surface area contributed by atoms with E-state index in [1.54, 1.807) is 10.7 Å². The standard InChI is InChI=1S/C28H29N7O/c1-2-6-23(7-3-1)20-34-21-24(19-30-34)28-29-13-12-27-31-26(32-35(27)28)18-22-8-10-25(11-9-22)36-17-16-33-14-4-5-15-33/h1-3,6-13,19,21H,4-5,14-18,20H2. The molecule has 2 aromatic carbocycles. The average Bonchev–Trinajstić information content (AvgIpc) is 3.67. The molecule has 0 atom stereocenters. The summed E-state index contributed by atoms with van der Waals surface area (Å²) in [6, 6.07) is 20.4. The lowest BCUT2D eigenvalue weighted by Gasteiger charge is -2.14. The second-order valence-corrected chi connectivity index (χ2v) is 9.20. The molecule has 36 heavy (non-hydrogen) atoms. The molecule has 0 spiro atoms. The number of rotatable bonds is 9. The Hall–Kier alpha value is -4.04. The first-order chi connectivity index (χ1) is 17.8. The first kappa shape index (κ1) is 22.4. The first-order valence-electron chi connectivity index (χ1n) is 12.5. The number of aromatic nitrogens is 6. The van der Waals surface area contributed by atoms with Crippen molar-refractivity contribution in [2.45, 2.75) is 25.8 Å². The molecule has 0 aliphatic carbocycles. The lowest BCUT2D eigenvalue weighted by Crippen LogP contribution is -2.25. The van der Waals surface area contributed by atoms with Crippen molar-refractivity contribution in [3.05, 3.63) is 96.2 Å². The molecule has 0 N–H and O–H groups in total. The number of benzene rings is 2. The number of nitrogens with zero attached hydrogens (tertiary/aromatic N) is 7. The Labute approximate surface area is 210 Å². The zero-order valence-corrected chi connectivity index (χ0v) is 20.2. The van der Waals surface area contributed by atoms with Gasteiger partial charge in [-0.05, 0) is 49.2 Å². The maximum absolute atomic E-state index is 5.93. The van der Waals surface area contributed by atoms with Crippen molar-refractivity contribution in [2.75, 3.05) is 26.2 Å². The number of hydrogen-bond acceptors (Lipinski definition) is 6. The van der Waals surface area contributed by atoms with E-state index < -0.39 is 0 Å². The summed E-state index contributed by atoms with van der Waals surface area (Å²) in [5.74, 6) is 2.39. The third-order valence-electron chi connectivity index (χ3n) is 6.54. The Kier molecular flexibility index (Phi) is 6.41. The van der Waals surface area contributed by atoms with Crippen LogP contribution in [0.25, 0.3) is 17.0 Å². The van der Waals surface area contributed by atoms with Crippen molar-refractivity contribution >= 4 is 5.65 Å². The van der Waals surface area contributed by atoms with Gasteiger partial charge in [0, 0.05) is 31.4 Å². The van der Waals surface area contributed by atoms with Crippen molar-refractivity contribution in [3.63, 3.8) is 0 Å². The van der Waals surface area contributed by atoms with Gasteiger partial charge in [0.25, 0.3) is 0 Å². The molecule has 182 valence electrons. The highest BCUT2D eigenvalue weighted by molar-refractivity contribution is 5.56. The Morgan fingerprint density at radius 2 is 1.72 bits per heavy atom. The van der Waals surface area contributed by atoms with Gasteiger partial charge in [-0.25, -0.2) is 9.97 Å². The van der Waals surface area contributed by atoms with Crippen LogP contribution in [-0.2, 0) is 13.0 Å². The number of hydrogen-bond donors (Lipinski definition) is 0. The highest BCUT2D eigenvalue weighted by Gasteiger charge is 2.13. The van der Waals surface area contributed by atoms with Crippen molar-refractivity contribution in [1.29, 1.82) is 0 Å². The van der Waals surface area contributed by atoms with Crippen LogP contribution in [0.3, 0.4) is 0 Å². The maximum Gasteiger partial charge on any atom is 0.166 e. The Bertz CT molecular complexity index is 1420. The largest absolute Gasteiger partial charge is 0.492 e. The molecule has 0 saturated carbocycles. The summed E-state index contributed by atoms with van der Waals surface area (Å²) >= 11 is 0. The summed E-state index contributed by atoms with van der Waals surface area (Å²) < 4.78 is 9.65. The maximum atomic E-state index is 5.93. The second kappa shape index (κ2) is 10.3. The monoisotopic (exact) mass is 479 g/mol. The predicted octanol–water partition coefficient (Wildman–Crippen LogP) is 4.10. The van der Waals surface area contributed by atoms with Crippen molar-refractivity contribution in [3.8, 4) is 17.1 Å². The van der Waals surface area contributed by atoms with Gasteiger partial charge < -0.3 is 4.74 Å². The minimum Gasteiger partial charge on any atom is -0.492 e. The van der Waals surface area contributed by atoms with Gasteiger partial charge in [0.1, 0.15) is 12.4 Å². The van der Waals surface area contributed by atoms with Crippen LogP contribution >= 0.6 is 0 Å². The molecule has 1 aliphatic heterocycles. The van der Waals surface area contributed by atoms with Crippen LogP contribution in [0, 0.1) is 0 Å². The van der Waals surface area contributed by atoms with Crippen molar-refractivity contribution in [2.24, 2.45) is 0 Å². The summed E-state index contributed by atoms with van der Waals surface area (Å²) in [4.78, 5) is 11.8. The number of fused-ring (bicyclic) bond motifs is 1. The second-order valence-electron chi connectivity index (χ2n) is 9.20. The smallest absolute Gasteiger partial charge is 0.166 e. The summed E-state index contributed by atoms with van der Waals surface area (Å²) in [6.07, 6.45) is 8.85. The average molecular weight is 480 g/mol. The van der Waals surface area contributed by atoms with Crippen LogP contribution in [0.2, 0.25) is 0 Å². The predicted molar refractivity (Wildman–Crippen MR) is 138 cm³/mol.